The maximum Gasteiger partial charge on any atom is 0.416 e. The van der Waals surface area contributed by atoms with Crippen molar-refractivity contribution in [2.24, 2.45) is 0 Å². The Morgan fingerprint density at radius 2 is 1.93 bits per heavy atom. The van der Waals surface area contributed by atoms with E-state index in [0.717, 1.165) is 43.2 Å². The van der Waals surface area contributed by atoms with Crippen LogP contribution in [0.2, 0.25) is 0 Å². The molecule has 4 nitrogen and oxygen atoms in total. The van der Waals surface area contributed by atoms with E-state index in [1.165, 1.54) is 6.07 Å². The first-order valence-electron chi connectivity index (χ1n) is 10.2. The fourth-order valence-electron chi connectivity index (χ4n) is 4.14. The lowest BCUT2D eigenvalue weighted by Crippen LogP contribution is -2.12. The quantitative estimate of drug-likeness (QED) is 0.463. The number of halogens is 3. The zero-order valence-electron chi connectivity index (χ0n) is 16.5. The van der Waals surface area contributed by atoms with Crippen LogP contribution in [-0.4, -0.2) is 15.9 Å². The van der Waals surface area contributed by atoms with E-state index in [2.05, 4.69) is 5.10 Å². The number of carbonyl (C=O) groups is 1. The average Bonchev–Trinajstić information content (AvgIpc) is 3.39. The Labute approximate surface area is 172 Å². The van der Waals surface area contributed by atoms with Crippen molar-refractivity contribution < 1.29 is 22.7 Å². The maximum atomic E-state index is 13.6. The molecule has 1 fully saturated rings. The Hall–Kier alpha value is -2.83. The molecular weight excluding hydrogens is 393 g/mol. The molecular formula is C23H23F3N2O2. The third-order valence-corrected chi connectivity index (χ3v) is 5.63. The highest BCUT2D eigenvalue weighted by molar-refractivity contribution is 5.53. The van der Waals surface area contributed by atoms with E-state index in [9.17, 15) is 18.0 Å². The van der Waals surface area contributed by atoms with Crippen LogP contribution in [-0.2, 0) is 24.0 Å². The summed E-state index contributed by atoms with van der Waals surface area (Å²) < 4.78 is 48.4. The first-order chi connectivity index (χ1) is 14.4. The highest BCUT2D eigenvalue weighted by Gasteiger charge is 2.36. The summed E-state index contributed by atoms with van der Waals surface area (Å²) in [5, 5.41) is 4.37. The molecule has 4 rings (SSSR count). The molecule has 0 saturated heterocycles. The van der Waals surface area contributed by atoms with Crippen LogP contribution in [0.5, 0.6) is 5.75 Å². The molecule has 0 bridgehead atoms. The number of aryl methyl sites for hydroxylation is 1. The van der Waals surface area contributed by atoms with Gasteiger partial charge >= 0.3 is 6.18 Å². The van der Waals surface area contributed by atoms with E-state index >= 15 is 0 Å². The number of fused-ring (bicyclic) bond motifs is 1. The van der Waals surface area contributed by atoms with Crippen LogP contribution in [0.1, 0.15) is 60.4 Å². The summed E-state index contributed by atoms with van der Waals surface area (Å²) in [7, 11) is 0. The number of rotatable bonds is 7. The van der Waals surface area contributed by atoms with E-state index in [1.54, 1.807) is 35.0 Å². The Morgan fingerprint density at radius 3 is 2.67 bits per heavy atom. The second-order valence-corrected chi connectivity index (χ2v) is 7.76. The van der Waals surface area contributed by atoms with Crippen molar-refractivity contribution in [2.45, 2.75) is 57.2 Å². The van der Waals surface area contributed by atoms with Crippen molar-refractivity contribution >= 4 is 11.8 Å². The second kappa shape index (κ2) is 8.50. The van der Waals surface area contributed by atoms with Crippen LogP contribution in [0.3, 0.4) is 0 Å². The predicted octanol–water partition coefficient (Wildman–Crippen LogP) is 5.72. The van der Waals surface area contributed by atoms with Crippen molar-refractivity contribution in [3.05, 3.63) is 65.0 Å². The fourth-order valence-corrected chi connectivity index (χ4v) is 4.14. The SMILES string of the molecule is O=CCCc1cc2cc(OCc3ccc(C4CCCC4)c(C(F)(F)F)c3)ccn2n1. The summed E-state index contributed by atoms with van der Waals surface area (Å²) in [6.45, 7) is 0.0519. The van der Waals surface area contributed by atoms with Gasteiger partial charge in [0.05, 0.1) is 16.8 Å². The summed E-state index contributed by atoms with van der Waals surface area (Å²) in [5.41, 5.74) is 1.97. The summed E-state index contributed by atoms with van der Waals surface area (Å²) in [4.78, 5) is 10.5. The van der Waals surface area contributed by atoms with Gasteiger partial charge in [-0.05, 0) is 54.5 Å². The van der Waals surface area contributed by atoms with Gasteiger partial charge < -0.3 is 9.53 Å². The van der Waals surface area contributed by atoms with Gasteiger partial charge in [-0.2, -0.15) is 18.3 Å². The monoisotopic (exact) mass is 416 g/mol. The smallest absolute Gasteiger partial charge is 0.416 e. The van der Waals surface area contributed by atoms with E-state index in [4.69, 9.17) is 4.74 Å². The normalized spacial score (nSPS) is 15.0. The van der Waals surface area contributed by atoms with Crippen LogP contribution >= 0.6 is 0 Å². The molecule has 158 valence electrons. The number of benzene rings is 1. The van der Waals surface area contributed by atoms with Gasteiger partial charge in [-0.3, -0.25) is 0 Å². The summed E-state index contributed by atoms with van der Waals surface area (Å²) in [6.07, 6.45) is 2.80. The molecule has 0 N–H and O–H groups in total. The number of ether oxygens (including phenoxy) is 1. The van der Waals surface area contributed by atoms with Gasteiger partial charge in [-0.25, -0.2) is 4.52 Å². The lowest BCUT2D eigenvalue weighted by Gasteiger charge is -2.19. The Balaban J connectivity index is 1.50. The van der Waals surface area contributed by atoms with Crippen LogP contribution in [0.25, 0.3) is 5.52 Å². The number of aromatic nitrogens is 2. The lowest BCUT2D eigenvalue weighted by molar-refractivity contribution is -0.138. The Bertz CT molecular complexity index is 1040. The number of aldehydes is 1. The summed E-state index contributed by atoms with van der Waals surface area (Å²) >= 11 is 0. The van der Waals surface area contributed by atoms with Crippen molar-refractivity contribution in [1.82, 2.24) is 9.61 Å². The fraction of sp³-hybridized carbons (Fsp3) is 0.391. The molecule has 1 aliphatic carbocycles. The number of carbonyl (C=O) groups excluding carboxylic acids is 1. The summed E-state index contributed by atoms with van der Waals surface area (Å²) in [5.74, 6) is 0.548. The van der Waals surface area contributed by atoms with Gasteiger partial charge in [-0.15, -0.1) is 0 Å². The first-order valence-corrected chi connectivity index (χ1v) is 10.2. The van der Waals surface area contributed by atoms with Crippen molar-refractivity contribution in [3.8, 4) is 5.75 Å². The molecule has 7 heteroatoms. The molecule has 1 aliphatic rings. The highest BCUT2D eigenvalue weighted by Crippen LogP contribution is 2.42. The highest BCUT2D eigenvalue weighted by atomic mass is 19.4. The Kier molecular flexibility index (Phi) is 5.79. The maximum absolute atomic E-state index is 13.6. The standard InChI is InChI=1S/C23H23F3N2O2/c24-23(25,26)22-12-16(7-8-21(22)17-4-1-2-5-17)15-30-20-9-10-28-19(14-20)13-18(27-28)6-3-11-29/h7-14,17H,1-6,15H2. The van der Waals surface area contributed by atoms with Gasteiger partial charge in [0.15, 0.2) is 0 Å². The number of nitrogens with zero attached hydrogens (tertiary/aromatic N) is 2. The minimum atomic E-state index is -4.37. The van der Waals surface area contributed by atoms with Gasteiger partial charge in [0.1, 0.15) is 18.6 Å². The first kappa shape index (κ1) is 20.4. The average molecular weight is 416 g/mol. The van der Waals surface area contributed by atoms with E-state index in [-0.39, 0.29) is 12.5 Å². The molecule has 1 saturated carbocycles. The summed E-state index contributed by atoms with van der Waals surface area (Å²) in [6, 6.07) is 9.96. The molecule has 0 amide bonds. The third-order valence-electron chi connectivity index (χ3n) is 5.63. The van der Waals surface area contributed by atoms with Gasteiger partial charge in [0.25, 0.3) is 0 Å². The van der Waals surface area contributed by atoms with Gasteiger partial charge in [0.2, 0.25) is 0 Å². The molecule has 0 radical (unpaired) electrons. The minimum Gasteiger partial charge on any atom is -0.489 e. The van der Waals surface area contributed by atoms with E-state index in [1.807, 2.05) is 6.07 Å². The number of alkyl halides is 3. The van der Waals surface area contributed by atoms with Crippen LogP contribution in [0.4, 0.5) is 13.2 Å². The molecule has 0 spiro atoms. The molecule has 2 heterocycles. The largest absolute Gasteiger partial charge is 0.489 e. The van der Waals surface area contributed by atoms with Crippen LogP contribution in [0, 0.1) is 0 Å². The van der Waals surface area contributed by atoms with Crippen molar-refractivity contribution in [3.63, 3.8) is 0 Å². The molecule has 0 unspecified atom stereocenters. The number of pyridine rings is 1. The van der Waals surface area contributed by atoms with Crippen molar-refractivity contribution in [2.75, 3.05) is 0 Å². The predicted molar refractivity (Wildman–Crippen MR) is 107 cm³/mol. The van der Waals surface area contributed by atoms with Crippen LogP contribution < -0.4 is 4.74 Å². The number of hydrogen-bond donors (Lipinski definition) is 0. The van der Waals surface area contributed by atoms with E-state index in [0.29, 0.717) is 29.7 Å². The molecule has 0 aliphatic heterocycles. The molecule has 0 atom stereocenters. The zero-order valence-corrected chi connectivity index (χ0v) is 16.5. The Morgan fingerprint density at radius 1 is 1.13 bits per heavy atom. The third kappa shape index (κ3) is 4.50. The molecule has 30 heavy (non-hydrogen) atoms. The molecule has 2 aromatic heterocycles. The van der Waals surface area contributed by atoms with Gasteiger partial charge in [0, 0.05) is 18.7 Å². The minimum absolute atomic E-state index is 0.00530. The van der Waals surface area contributed by atoms with E-state index < -0.39 is 11.7 Å². The second-order valence-electron chi connectivity index (χ2n) is 7.76. The lowest BCUT2D eigenvalue weighted by atomic mass is 9.91. The van der Waals surface area contributed by atoms with Gasteiger partial charge in [-0.1, -0.05) is 25.0 Å². The topological polar surface area (TPSA) is 43.6 Å². The zero-order chi connectivity index (χ0) is 21.1. The molecule has 3 aromatic rings. The van der Waals surface area contributed by atoms with Crippen molar-refractivity contribution in [1.29, 1.82) is 0 Å². The van der Waals surface area contributed by atoms with Crippen LogP contribution in [0.15, 0.2) is 42.6 Å². The molecule has 1 aromatic carbocycles. The number of hydrogen-bond acceptors (Lipinski definition) is 3.